The SMILES string of the molecule is COC(=O)C1CCN(c2ccccc2)C1=O. The Morgan fingerprint density at radius 1 is 1.38 bits per heavy atom. The zero-order valence-corrected chi connectivity index (χ0v) is 9.05. The van der Waals surface area contributed by atoms with Crippen LogP contribution < -0.4 is 4.90 Å². The maximum atomic E-state index is 11.9. The van der Waals surface area contributed by atoms with Gasteiger partial charge in [-0.25, -0.2) is 0 Å². The van der Waals surface area contributed by atoms with E-state index in [0.717, 1.165) is 5.69 Å². The van der Waals surface area contributed by atoms with Gasteiger partial charge in [0.2, 0.25) is 5.91 Å². The van der Waals surface area contributed by atoms with Crippen LogP contribution in [0.5, 0.6) is 0 Å². The van der Waals surface area contributed by atoms with Gasteiger partial charge in [0.05, 0.1) is 7.11 Å². The second kappa shape index (κ2) is 4.35. The highest BCUT2D eigenvalue weighted by molar-refractivity contribution is 6.08. The van der Waals surface area contributed by atoms with Gasteiger partial charge in [-0.05, 0) is 18.6 Å². The van der Waals surface area contributed by atoms with Crippen molar-refractivity contribution in [2.45, 2.75) is 6.42 Å². The van der Waals surface area contributed by atoms with Crippen LogP contribution in [-0.2, 0) is 14.3 Å². The van der Waals surface area contributed by atoms with E-state index in [1.54, 1.807) is 4.90 Å². The molecule has 4 nitrogen and oxygen atoms in total. The van der Waals surface area contributed by atoms with Crippen molar-refractivity contribution in [3.05, 3.63) is 30.3 Å². The highest BCUT2D eigenvalue weighted by Gasteiger charge is 2.38. The predicted octanol–water partition coefficient (Wildman–Crippen LogP) is 1.21. The monoisotopic (exact) mass is 219 g/mol. The molecule has 0 aromatic heterocycles. The van der Waals surface area contributed by atoms with Gasteiger partial charge >= 0.3 is 5.97 Å². The normalized spacial score (nSPS) is 19.9. The third kappa shape index (κ3) is 1.78. The van der Waals surface area contributed by atoms with Gasteiger partial charge in [0.25, 0.3) is 0 Å². The number of para-hydroxylation sites is 1. The molecule has 1 atom stereocenters. The molecular formula is C12H13NO3. The molecule has 0 radical (unpaired) electrons. The lowest BCUT2D eigenvalue weighted by molar-refractivity contribution is -0.148. The van der Waals surface area contributed by atoms with Gasteiger partial charge in [0, 0.05) is 12.2 Å². The molecule has 0 saturated carbocycles. The fourth-order valence-electron chi connectivity index (χ4n) is 1.91. The van der Waals surface area contributed by atoms with Gasteiger partial charge in [-0.3, -0.25) is 9.59 Å². The number of amides is 1. The van der Waals surface area contributed by atoms with E-state index >= 15 is 0 Å². The number of benzene rings is 1. The van der Waals surface area contributed by atoms with Crippen LogP contribution in [0.2, 0.25) is 0 Å². The van der Waals surface area contributed by atoms with E-state index in [4.69, 9.17) is 0 Å². The van der Waals surface area contributed by atoms with Crippen molar-refractivity contribution in [3.8, 4) is 0 Å². The largest absolute Gasteiger partial charge is 0.468 e. The van der Waals surface area contributed by atoms with Crippen LogP contribution in [0.3, 0.4) is 0 Å². The zero-order valence-electron chi connectivity index (χ0n) is 9.05. The second-order valence-electron chi connectivity index (χ2n) is 3.69. The minimum atomic E-state index is -0.634. The van der Waals surface area contributed by atoms with Gasteiger partial charge < -0.3 is 9.64 Å². The van der Waals surface area contributed by atoms with E-state index in [1.807, 2.05) is 30.3 Å². The molecule has 4 heteroatoms. The number of ether oxygens (including phenoxy) is 1. The fraction of sp³-hybridized carbons (Fsp3) is 0.333. The van der Waals surface area contributed by atoms with Crippen molar-refractivity contribution in [1.82, 2.24) is 0 Å². The number of rotatable bonds is 2. The molecule has 84 valence electrons. The Labute approximate surface area is 93.8 Å². The van der Waals surface area contributed by atoms with Crippen molar-refractivity contribution in [2.24, 2.45) is 5.92 Å². The molecule has 16 heavy (non-hydrogen) atoms. The molecule has 1 heterocycles. The van der Waals surface area contributed by atoms with Crippen LogP contribution in [-0.4, -0.2) is 25.5 Å². The molecule has 1 unspecified atom stereocenters. The number of hydrogen-bond donors (Lipinski definition) is 0. The van der Waals surface area contributed by atoms with Crippen molar-refractivity contribution < 1.29 is 14.3 Å². The quantitative estimate of drug-likeness (QED) is 0.555. The van der Waals surface area contributed by atoms with Gasteiger partial charge in [0.15, 0.2) is 0 Å². The minimum Gasteiger partial charge on any atom is -0.468 e. The van der Waals surface area contributed by atoms with E-state index in [9.17, 15) is 9.59 Å². The average Bonchev–Trinajstić information content (AvgIpc) is 2.71. The molecule has 1 aromatic rings. The Balaban J connectivity index is 2.17. The first kappa shape index (κ1) is 10.7. The summed E-state index contributed by atoms with van der Waals surface area (Å²) in [5.41, 5.74) is 0.832. The first-order chi connectivity index (χ1) is 7.74. The molecule has 0 bridgehead atoms. The van der Waals surface area contributed by atoms with E-state index in [2.05, 4.69) is 4.74 Å². The van der Waals surface area contributed by atoms with Crippen molar-refractivity contribution in [3.63, 3.8) is 0 Å². The number of esters is 1. The minimum absolute atomic E-state index is 0.168. The summed E-state index contributed by atoms with van der Waals surface area (Å²) in [4.78, 5) is 24.9. The van der Waals surface area contributed by atoms with E-state index in [-0.39, 0.29) is 5.91 Å². The summed E-state index contributed by atoms with van der Waals surface area (Å²) in [5.74, 6) is -1.24. The molecule has 0 aliphatic carbocycles. The van der Waals surface area contributed by atoms with Gasteiger partial charge in [0.1, 0.15) is 5.92 Å². The Kier molecular flexibility index (Phi) is 2.90. The summed E-state index contributed by atoms with van der Waals surface area (Å²) in [7, 11) is 1.31. The molecule has 1 aliphatic heterocycles. The molecule has 0 spiro atoms. The number of nitrogens with zero attached hydrogens (tertiary/aromatic N) is 1. The summed E-state index contributed by atoms with van der Waals surface area (Å²) >= 11 is 0. The third-order valence-corrected chi connectivity index (χ3v) is 2.76. The molecule has 1 aliphatic rings. The Hall–Kier alpha value is -1.84. The maximum Gasteiger partial charge on any atom is 0.318 e. The first-order valence-electron chi connectivity index (χ1n) is 5.18. The summed E-state index contributed by atoms with van der Waals surface area (Å²) in [5, 5.41) is 0. The van der Waals surface area contributed by atoms with Crippen LogP contribution in [0.25, 0.3) is 0 Å². The molecule has 1 fully saturated rings. The van der Waals surface area contributed by atoms with Crippen LogP contribution >= 0.6 is 0 Å². The topological polar surface area (TPSA) is 46.6 Å². The van der Waals surface area contributed by atoms with Crippen molar-refractivity contribution in [2.75, 3.05) is 18.6 Å². The number of hydrogen-bond acceptors (Lipinski definition) is 3. The summed E-state index contributed by atoms with van der Waals surface area (Å²) < 4.78 is 4.60. The van der Waals surface area contributed by atoms with Gasteiger partial charge in [-0.1, -0.05) is 18.2 Å². The summed E-state index contributed by atoms with van der Waals surface area (Å²) in [6.07, 6.45) is 0.528. The Morgan fingerprint density at radius 3 is 2.69 bits per heavy atom. The lowest BCUT2D eigenvalue weighted by Crippen LogP contribution is -2.30. The first-order valence-corrected chi connectivity index (χ1v) is 5.18. The standard InChI is InChI=1S/C12H13NO3/c1-16-12(15)10-7-8-13(11(10)14)9-5-3-2-4-6-9/h2-6,10H,7-8H2,1H3. The van der Waals surface area contributed by atoms with E-state index in [1.165, 1.54) is 7.11 Å². The molecule has 2 rings (SSSR count). The summed E-state index contributed by atoms with van der Waals surface area (Å²) in [6, 6.07) is 9.35. The fourth-order valence-corrected chi connectivity index (χ4v) is 1.91. The van der Waals surface area contributed by atoms with E-state index < -0.39 is 11.9 Å². The number of anilines is 1. The number of methoxy groups -OCH3 is 1. The molecular weight excluding hydrogens is 206 g/mol. The Morgan fingerprint density at radius 2 is 2.06 bits per heavy atom. The third-order valence-electron chi connectivity index (χ3n) is 2.76. The van der Waals surface area contributed by atoms with Crippen LogP contribution in [0, 0.1) is 5.92 Å². The molecule has 1 saturated heterocycles. The summed E-state index contributed by atoms with van der Waals surface area (Å²) in [6.45, 7) is 0.572. The van der Waals surface area contributed by atoms with Crippen LogP contribution in [0.1, 0.15) is 6.42 Å². The molecule has 1 aromatic carbocycles. The van der Waals surface area contributed by atoms with Crippen molar-refractivity contribution >= 4 is 17.6 Å². The molecule has 0 N–H and O–H groups in total. The maximum absolute atomic E-state index is 11.9. The van der Waals surface area contributed by atoms with Crippen LogP contribution in [0.15, 0.2) is 30.3 Å². The predicted molar refractivity (Wildman–Crippen MR) is 58.9 cm³/mol. The Bertz CT molecular complexity index is 402. The van der Waals surface area contributed by atoms with Gasteiger partial charge in [-0.15, -0.1) is 0 Å². The number of carbonyl (C=O) groups excluding carboxylic acids is 2. The average molecular weight is 219 g/mol. The van der Waals surface area contributed by atoms with Gasteiger partial charge in [-0.2, -0.15) is 0 Å². The second-order valence-corrected chi connectivity index (χ2v) is 3.69. The van der Waals surface area contributed by atoms with E-state index in [0.29, 0.717) is 13.0 Å². The molecule has 1 amide bonds. The lowest BCUT2D eigenvalue weighted by atomic mass is 10.1. The smallest absolute Gasteiger partial charge is 0.318 e. The van der Waals surface area contributed by atoms with Crippen LogP contribution in [0.4, 0.5) is 5.69 Å². The number of carbonyl (C=O) groups is 2. The lowest BCUT2D eigenvalue weighted by Gasteiger charge is -2.15. The van der Waals surface area contributed by atoms with Crippen molar-refractivity contribution in [1.29, 1.82) is 0 Å². The highest BCUT2D eigenvalue weighted by atomic mass is 16.5. The highest BCUT2D eigenvalue weighted by Crippen LogP contribution is 2.25. The zero-order chi connectivity index (χ0) is 11.5.